The number of hydrogen-bond donors (Lipinski definition) is 2. The van der Waals surface area contributed by atoms with Gasteiger partial charge in [0.05, 0.1) is 11.0 Å². The van der Waals surface area contributed by atoms with Crippen molar-refractivity contribution in [1.29, 1.82) is 0 Å². The predicted octanol–water partition coefficient (Wildman–Crippen LogP) is 1.42. The van der Waals surface area contributed by atoms with Crippen molar-refractivity contribution in [3.05, 3.63) is 35.4 Å². The summed E-state index contributed by atoms with van der Waals surface area (Å²) in [7, 11) is 2.06. The molecule has 2 bridgehead atoms. The number of rotatable bonds is 0. The fraction of sp³-hybridized carbons (Fsp3) is 0.571. The Morgan fingerprint density at radius 1 is 1.30 bits per heavy atom. The first-order chi connectivity index (χ1) is 12.8. The van der Waals surface area contributed by atoms with Gasteiger partial charge in [-0.3, -0.25) is 0 Å². The molecule has 0 radical (unpaired) electrons. The highest BCUT2D eigenvalue weighted by Crippen LogP contribution is 2.68. The first kappa shape index (κ1) is 16.0. The number of piperidine rings is 1. The maximum Gasteiger partial charge on any atom is 0.334 e. The van der Waals surface area contributed by atoms with Gasteiger partial charge in [0.1, 0.15) is 0 Å². The van der Waals surface area contributed by atoms with E-state index in [0.717, 1.165) is 24.1 Å². The average Bonchev–Trinajstić information content (AvgIpc) is 3.13. The quantitative estimate of drug-likeness (QED) is 0.532. The van der Waals surface area contributed by atoms with E-state index in [1.54, 1.807) is 6.07 Å². The molecular formula is C21H23NO5. The van der Waals surface area contributed by atoms with Crippen LogP contribution in [0.2, 0.25) is 0 Å². The number of hydrogen-bond acceptors (Lipinski definition) is 6. The molecule has 5 aliphatic rings. The minimum Gasteiger partial charge on any atom is -0.504 e. The first-order valence-corrected chi connectivity index (χ1v) is 9.68. The molecule has 6 rings (SSSR count). The summed E-state index contributed by atoms with van der Waals surface area (Å²) in [6.07, 6.45) is 2.42. The molecule has 0 amide bonds. The maximum atomic E-state index is 12.2. The molecular weight excluding hydrogens is 346 g/mol. The highest BCUT2D eigenvalue weighted by atomic mass is 16.6. The molecule has 1 aromatic rings. The molecule has 27 heavy (non-hydrogen) atoms. The fourth-order valence-electron chi connectivity index (χ4n) is 6.85. The summed E-state index contributed by atoms with van der Waals surface area (Å²) in [5, 5.41) is 22.6. The van der Waals surface area contributed by atoms with E-state index in [0.29, 0.717) is 37.0 Å². The normalized spacial score (nSPS) is 44.2. The van der Waals surface area contributed by atoms with Crippen molar-refractivity contribution in [1.82, 2.24) is 4.90 Å². The SMILES string of the molecule is C=C1CC2(CC[C@@]3(O)[C@H]4Cc5ccc(O)c6c5[C@@]3(CCN4C)[C@H]2O6)OC1=O. The lowest BCUT2D eigenvalue weighted by Crippen LogP contribution is -2.78. The number of benzene rings is 1. The van der Waals surface area contributed by atoms with Gasteiger partial charge in [0.2, 0.25) is 0 Å². The van der Waals surface area contributed by atoms with Gasteiger partial charge >= 0.3 is 5.97 Å². The monoisotopic (exact) mass is 369 g/mol. The summed E-state index contributed by atoms with van der Waals surface area (Å²) < 4.78 is 12.3. The number of fused-ring (bicyclic) bond motifs is 1. The molecule has 3 heterocycles. The van der Waals surface area contributed by atoms with Crippen molar-refractivity contribution in [3.8, 4) is 11.5 Å². The second-order valence-electron chi connectivity index (χ2n) is 9.03. The summed E-state index contributed by atoms with van der Waals surface area (Å²) in [5.74, 6) is 0.186. The molecule has 6 heteroatoms. The second-order valence-corrected chi connectivity index (χ2v) is 9.03. The lowest BCUT2D eigenvalue weighted by atomic mass is 9.46. The van der Waals surface area contributed by atoms with E-state index in [1.165, 1.54) is 0 Å². The van der Waals surface area contributed by atoms with Crippen molar-refractivity contribution in [2.24, 2.45) is 0 Å². The zero-order valence-corrected chi connectivity index (χ0v) is 15.3. The predicted molar refractivity (Wildman–Crippen MR) is 95.7 cm³/mol. The summed E-state index contributed by atoms with van der Waals surface area (Å²) in [5.41, 5.74) is 0.0497. The van der Waals surface area contributed by atoms with Crippen LogP contribution < -0.4 is 4.74 Å². The Morgan fingerprint density at radius 3 is 2.85 bits per heavy atom. The summed E-state index contributed by atoms with van der Waals surface area (Å²) in [4.78, 5) is 14.5. The van der Waals surface area contributed by atoms with Gasteiger partial charge in [0.25, 0.3) is 0 Å². The van der Waals surface area contributed by atoms with Crippen molar-refractivity contribution >= 4 is 5.97 Å². The van der Waals surface area contributed by atoms with Gasteiger partial charge in [-0.2, -0.15) is 0 Å². The number of aromatic hydroxyl groups is 1. The molecule has 142 valence electrons. The highest BCUT2D eigenvalue weighted by molar-refractivity contribution is 5.91. The first-order valence-electron chi connectivity index (χ1n) is 9.68. The summed E-state index contributed by atoms with van der Waals surface area (Å²) in [6, 6.07) is 3.61. The van der Waals surface area contributed by atoms with Crippen molar-refractivity contribution in [3.63, 3.8) is 0 Å². The third kappa shape index (κ3) is 1.53. The minimum absolute atomic E-state index is 0.0157. The highest BCUT2D eigenvalue weighted by Gasteiger charge is 2.77. The number of esters is 1. The van der Waals surface area contributed by atoms with E-state index >= 15 is 0 Å². The van der Waals surface area contributed by atoms with Crippen LogP contribution in [0.3, 0.4) is 0 Å². The van der Waals surface area contributed by atoms with Gasteiger partial charge in [0.15, 0.2) is 23.2 Å². The Labute approximate surface area is 157 Å². The van der Waals surface area contributed by atoms with Crippen molar-refractivity contribution < 1.29 is 24.5 Å². The van der Waals surface area contributed by atoms with Crippen LogP contribution in [0, 0.1) is 0 Å². The van der Waals surface area contributed by atoms with Crippen LogP contribution in [-0.2, 0) is 21.4 Å². The molecule has 0 aromatic heterocycles. The number of aliphatic hydroxyl groups is 1. The molecule has 1 unspecified atom stereocenters. The van der Waals surface area contributed by atoms with Gasteiger partial charge in [-0.25, -0.2) is 4.79 Å². The molecule has 2 aliphatic carbocycles. The third-order valence-corrected chi connectivity index (χ3v) is 7.98. The lowest BCUT2D eigenvalue weighted by molar-refractivity contribution is -0.233. The largest absolute Gasteiger partial charge is 0.504 e. The molecule has 3 fully saturated rings. The van der Waals surface area contributed by atoms with Crippen LogP contribution in [0.5, 0.6) is 11.5 Å². The number of ether oxygens (including phenoxy) is 2. The fourth-order valence-corrected chi connectivity index (χ4v) is 6.85. The Morgan fingerprint density at radius 2 is 2.11 bits per heavy atom. The van der Waals surface area contributed by atoms with Crippen molar-refractivity contribution in [2.75, 3.05) is 13.6 Å². The minimum atomic E-state index is -0.974. The van der Waals surface area contributed by atoms with Crippen LogP contribution >= 0.6 is 0 Å². The molecule has 2 spiro atoms. The van der Waals surface area contributed by atoms with Crippen LogP contribution in [0.1, 0.15) is 36.8 Å². The number of likely N-dealkylation sites (N-methyl/N-ethyl adjacent to an activating group) is 1. The standard InChI is InChI=1S/C21H23NO5/c1-11-10-19(27-17(11)24)5-6-21(25)14-9-12-3-4-13(23)16-15(12)20(21,18(19)26-16)7-8-22(14)2/h3-4,14,18,23,25H,1,5-10H2,2H3/t14-,18+,19?,20+,21-/m1/s1. The van der Waals surface area contributed by atoms with Crippen LogP contribution in [0.25, 0.3) is 0 Å². The summed E-state index contributed by atoms with van der Waals surface area (Å²) >= 11 is 0. The Balaban J connectivity index is 1.65. The molecule has 1 aromatic carbocycles. The number of carbonyl (C=O) groups excluding carboxylic acids is 1. The second kappa shape index (κ2) is 4.50. The lowest BCUT2D eigenvalue weighted by Gasteiger charge is -2.65. The maximum absolute atomic E-state index is 12.2. The van der Waals surface area contributed by atoms with E-state index in [1.807, 2.05) is 6.07 Å². The number of likely N-dealkylation sites (tertiary alicyclic amines) is 1. The van der Waals surface area contributed by atoms with E-state index in [2.05, 4.69) is 18.5 Å². The molecule has 1 saturated carbocycles. The molecule has 3 aliphatic heterocycles. The van der Waals surface area contributed by atoms with Gasteiger partial charge < -0.3 is 24.6 Å². The summed E-state index contributed by atoms with van der Waals surface area (Å²) in [6.45, 7) is 4.70. The third-order valence-electron chi connectivity index (χ3n) is 7.98. The molecule has 2 saturated heterocycles. The number of carbonyl (C=O) groups is 1. The average molecular weight is 369 g/mol. The van der Waals surface area contributed by atoms with Gasteiger partial charge in [0, 0.05) is 23.6 Å². The Bertz CT molecular complexity index is 909. The van der Waals surface area contributed by atoms with Gasteiger partial charge in [-0.15, -0.1) is 0 Å². The van der Waals surface area contributed by atoms with E-state index in [9.17, 15) is 15.0 Å². The topological polar surface area (TPSA) is 79.2 Å². The number of phenols is 1. The van der Waals surface area contributed by atoms with Crippen LogP contribution in [0.4, 0.5) is 0 Å². The molecule has 2 N–H and O–H groups in total. The smallest absolute Gasteiger partial charge is 0.334 e. The Kier molecular flexibility index (Phi) is 2.66. The van der Waals surface area contributed by atoms with Crippen LogP contribution in [0.15, 0.2) is 24.3 Å². The van der Waals surface area contributed by atoms with Crippen molar-refractivity contribution in [2.45, 2.75) is 60.9 Å². The zero-order chi connectivity index (χ0) is 18.8. The zero-order valence-electron chi connectivity index (χ0n) is 15.3. The van der Waals surface area contributed by atoms with Crippen LogP contribution in [-0.4, -0.2) is 58.0 Å². The van der Waals surface area contributed by atoms with E-state index in [4.69, 9.17) is 9.47 Å². The van der Waals surface area contributed by atoms with E-state index in [-0.39, 0.29) is 17.8 Å². The molecule has 5 atom stereocenters. The number of nitrogens with zero attached hydrogens (tertiary/aromatic N) is 1. The van der Waals surface area contributed by atoms with Gasteiger partial charge in [-0.05, 0) is 50.9 Å². The number of phenolic OH excluding ortho intramolecular Hbond substituents is 1. The van der Waals surface area contributed by atoms with E-state index < -0.39 is 22.7 Å². The van der Waals surface area contributed by atoms with Gasteiger partial charge in [-0.1, -0.05) is 12.6 Å². The Hall–Kier alpha value is -2.05. The molecule has 6 nitrogen and oxygen atoms in total.